The number of nitrogens with zero attached hydrogens (tertiary/aromatic N) is 1. The molecule has 0 aromatic carbocycles. The molecule has 0 spiro atoms. The molecule has 0 aromatic rings. The predicted octanol–water partition coefficient (Wildman–Crippen LogP) is 1.86. The SMILES string of the molecule is CCCNC1(CO)CCCC(N(C)CC(F)F)C1. The highest BCUT2D eigenvalue weighted by Crippen LogP contribution is 2.30. The van der Waals surface area contributed by atoms with Crippen LogP contribution in [0.2, 0.25) is 0 Å². The van der Waals surface area contributed by atoms with Crippen LogP contribution in [0.3, 0.4) is 0 Å². The van der Waals surface area contributed by atoms with Gasteiger partial charge in [0.2, 0.25) is 0 Å². The summed E-state index contributed by atoms with van der Waals surface area (Å²) < 4.78 is 24.8. The summed E-state index contributed by atoms with van der Waals surface area (Å²) in [5.74, 6) is 0. The van der Waals surface area contributed by atoms with Crippen molar-refractivity contribution in [1.82, 2.24) is 10.2 Å². The summed E-state index contributed by atoms with van der Waals surface area (Å²) in [6, 6.07) is 0.143. The molecule has 0 aliphatic heterocycles. The zero-order chi connectivity index (χ0) is 13.6. The number of hydrogen-bond acceptors (Lipinski definition) is 3. The quantitative estimate of drug-likeness (QED) is 0.737. The largest absolute Gasteiger partial charge is 0.394 e. The molecule has 18 heavy (non-hydrogen) atoms. The van der Waals surface area contributed by atoms with E-state index in [9.17, 15) is 13.9 Å². The van der Waals surface area contributed by atoms with Crippen LogP contribution < -0.4 is 5.32 Å². The summed E-state index contributed by atoms with van der Waals surface area (Å²) >= 11 is 0. The molecule has 1 aliphatic rings. The van der Waals surface area contributed by atoms with Crippen molar-refractivity contribution in [1.29, 1.82) is 0 Å². The van der Waals surface area contributed by atoms with Crippen molar-refractivity contribution in [3.05, 3.63) is 0 Å². The zero-order valence-electron chi connectivity index (χ0n) is 11.5. The van der Waals surface area contributed by atoms with Crippen molar-refractivity contribution in [2.45, 2.75) is 57.0 Å². The monoisotopic (exact) mass is 264 g/mol. The highest BCUT2D eigenvalue weighted by molar-refractivity contribution is 4.96. The summed E-state index contributed by atoms with van der Waals surface area (Å²) in [5.41, 5.74) is -0.269. The minimum absolute atomic E-state index is 0.0893. The summed E-state index contributed by atoms with van der Waals surface area (Å²) in [6.07, 6.45) is 2.34. The van der Waals surface area contributed by atoms with E-state index in [1.54, 1.807) is 11.9 Å². The maximum absolute atomic E-state index is 12.4. The van der Waals surface area contributed by atoms with Crippen LogP contribution in [-0.2, 0) is 0 Å². The van der Waals surface area contributed by atoms with Gasteiger partial charge in [-0.2, -0.15) is 0 Å². The Kier molecular flexibility index (Phi) is 6.46. The van der Waals surface area contributed by atoms with Gasteiger partial charge >= 0.3 is 0 Å². The molecule has 1 rings (SSSR count). The fourth-order valence-corrected chi connectivity index (χ4v) is 2.82. The number of rotatable bonds is 7. The van der Waals surface area contributed by atoms with Gasteiger partial charge < -0.3 is 10.4 Å². The summed E-state index contributed by atoms with van der Waals surface area (Å²) in [4.78, 5) is 1.74. The Labute approximate surface area is 109 Å². The highest BCUT2D eigenvalue weighted by atomic mass is 19.3. The molecule has 0 amide bonds. The van der Waals surface area contributed by atoms with Crippen molar-refractivity contribution >= 4 is 0 Å². The van der Waals surface area contributed by atoms with E-state index in [4.69, 9.17) is 0 Å². The Morgan fingerprint density at radius 3 is 2.78 bits per heavy atom. The van der Waals surface area contributed by atoms with Gasteiger partial charge in [-0.05, 0) is 45.7 Å². The Morgan fingerprint density at radius 2 is 2.22 bits per heavy atom. The molecule has 0 aromatic heterocycles. The Morgan fingerprint density at radius 1 is 1.50 bits per heavy atom. The lowest BCUT2D eigenvalue weighted by atomic mass is 9.79. The van der Waals surface area contributed by atoms with Gasteiger partial charge in [0, 0.05) is 11.6 Å². The molecule has 0 heterocycles. The molecule has 0 saturated heterocycles. The maximum Gasteiger partial charge on any atom is 0.251 e. The smallest absolute Gasteiger partial charge is 0.251 e. The Bertz CT molecular complexity index is 241. The first-order valence-electron chi connectivity index (χ1n) is 6.87. The molecule has 1 saturated carbocycles. The van der Waals surface area contributed by atoms with Crippen molar-refractivity contribution in [3.8, 4) is 0 Å². The first kappa shape index (κ1) is 15.8. The van der Waals surface area contributed by atoms with Gasteiger partial charge in [-0.1, -0.05) is 6.92 Å². The standard InChI is InChI=1S/C13H26F2N2O/c1-3-7-16-13(10-18)6-4-5-11(8-13)17(2)9-12(14)15/h11-12,16,18H,3-10H2,1-2H3. The Hall–Kier alpha value is -0.260. The number of aliphatic hydroxyl groups is 1. The fourth-order valence-electron chi connectivity index (χ4n) is 2.82. The number of halogens is 2. The third-order valence-corrected chi connectivity index (χ3v) is 3.92. The molecule has 0 radical (unpaired) electrons. The van der Waals surface area contributed by atoms with E-state index < -0.39 is 6.43 Å². The highest BCUT2D eigenvalue weighted by Gasteiger charge is 2.36. The van der Waals surface area contributed by atoms with Gasteiger partial charge in [-0.15, -0.1) is 0 Å². The molecule has 1 fully saturated rings. The molecule has 2 atom stereocenters. The lowest BCUT2D eigenvalue weighted by Gasteiger charge is -2.43. The van der Waals surface area contributed by atoms with Crippen molar-refractivity contribution in [3.63, 3.8) is 0 Å². The van der Waals surface area contributed by atoms with Crippen LogP contribution in [0.5, 0.6) is 0 Å². The summed E-state index contributed by atoms with van der Waals surface area (Å²) in [7, 11) is 1.75. The third-order valence-electron chi connectivity index (χ3n) is 3.92. The molecule has 2 N–H and O–H groups in total. The molecule has 108 valence electrons. The molecular weight excluding hydrogens is 238 g/mol. The second-order valence-electron chi connectivity index (χ2n) is 5.45. The minimum Gasteiger partial charge on any atom is -0.394 e. The first-order valence-corrected chi connectivity index (χ1v) is 6.87. The van der Waals surface area contributed by atoms with Crippen molar-refractivity contribution < 1.29 is 13.9 Å². The van der Waals surface area contributed by atoms with Gasteiger partial charge in [-0.25, -0.2) is 8.78 Å². The average Bonchev–Trinajstić information content (AvgIpc) is 2.36. The van der Waals surface area contributed by atoms with Crippen LogP contribution in [0.4, 0.5) is 8.78 Å². The van der Waals surface area contributed by atoms with E-state index in [1.807, 2.05) is 0 Å². The number of hydrogen-bond donors (Lipinski definition) is 2. The van der Waals surface area contributed by atoms with Gasteiger partial charge in [0.1, 0.15) is 0 Å². The van der Waals surface area contributed by atoms with Crippen LogP contribution in [0.15, 0.2) is 0 Å². The molecule has 1 aliphatic carbocycles. The molecule has 2 unspecified atom stereocenters. The minimum atomic E-state index is -2.29. The van der Waals surface area contributed by atoms with Crippen LogP contribution in [0.1, 0.15) is 39.0 Å². The summed E-state index contributed by atoms with van der Waals surface area (Å²) in [6.45, 7) is 2.86. The number of nitrogens with one attached hydrogen (secondary N) is 1. The van der Waals surface area contributed by atoms with Crippen LogP contribution in [-0.4, -0.2) is 54.8 Å². The second-order valence-corrected chi connectivity index (χ2v) is 5.45. The summed E-state index contributed by atoms with van der Waals surface area (Å²) in [5, 5.41) is 13.0. The lowest BCUT2D eigenvalue weighted by Crippen LogP contribution is -2.55. The number of aliphatic hydroxyl groups excluding tert-OH is 1. The van der Waals surface area contributed by atoms with Gasteiger partial charge in [0.25, 0.3) is 6.43 Å². The first-order chi connectivity index (χ1) is 8.53. The predicted molar refractivity (Wildman–Crippen MR) is 69.0 cm³/mol. The van der Waals surface area contributed by atoms with E-state index in [0.29, 0.717) is 0 Å². The van der Waals surface area contributed by atoms with E-state index in [-0.39, 0.29) is 24.7 Å². The average molecular weight is 264 g/mol. The zero-order valence-corrected chi connectivity index (χ0v) is 11.5. The molecular formula is C13H26F2N2O. The lowest BCUT2D eigenvalue weighted by molar-refractivity contribution is 0.0358. The van der Waals surface area contributed by atoms with Gasteiger partial charge in [0.05, 0.1) is 13.2 Å². The second kappa shape index (κ2) is 7.36. The van der Waals surface area contributed by atoms with Crippen LogP contribution in [0, 0.1) is 0 Å². The topological polar surface area (TPSA) is 35.5 Å². The Balaban J connectivity index is 2.57. The fraction of sp³-hybridized carbons (Fsp3) is 1.00. The van der Waals surface area contributed by atoms with Crippen molar-refractivity contribution in [2.24, 2.45) is 0 Å². The van der Waals surface area contributed by atoms with E-state index >= 15 is 0 Å². The van der Waals surface area contributed by atoms with E-state index in [1.165, 1.54) is 0 Å². The van der Waals surface area contributed by atoms with Gasteiger partial charge in [-0.3, -0.25) is 4.90 Å². The molecule has 5 heteroatoms. The molecule has 0 bridgehead atoms. The van der Waals surface area contributed by atoms with Crippen LogP contribution in [0.25, 0.3) is 0 Å². The van der Waals surface area contributed by atoms with Crippen LogP contribution >= 0.6 is 0 Å². The third kappa shape index (κ3) is 4.44. The number of alkyl halides is 2. The van der Waals surface area contributed by atoms with Gasteiger partial charge in [0.15, 0.2) is 0 Å². The normalized spacial score (nSPS) is 29.2. The van der Waals surface area contributed by atoms with Crippen molar-refractivity contribution in [2.75, 3.05) is 26.7 Å². The van der Waals surface area contributed by atoms with E-state index in [0.717, 1.165) is 38.6 Å². The van der Waals surface area contributed by atoms with E-state index in [2.05, 4.69) is 12.2 Å². The molecule has 3 nitrogen and oxygen atoms in total. The maximum atomic E-state index is 12.4.